The molecule has 2 unspecified atom stereocenters. The molecule has 0 aromatic rings. The monoisotopic (exact) mass is 162 g/mol. The molecule has 0 aromatic heterocycles. The molecule has 2 atom stereocenters. The summed E-state index contributed by atoms with van der Waals surface area (Å²) in [6.45, 7) is 1.03. The minimum Gasteiger partial charge on any atom is -0.478 e. The minimum absolute atomic E-state index is 0.352. The summed E-state index contributed by atoms with van der Waals surface area (Å²) in [6.07, 6.45) is 0.492. The Balaban J connectivity index is 2.56. The fourth-order valence-electron chi connectivity index (χ4n) is 0.896. The molecule has 10 heavy (non-hydrogen) atoms. The highest BCUT2D eigenvalue weighted by Crippen LogP contribution is 2.29. The molecular weight excluding hydrogens is 153 g/mol. The van der Waals surface area contributed by atoms with E-state index < -0.39 is 19.4 Å². The highest BCUT2D eigenvalue weighted by Gasteiger charge is 2.39. The lowest BCUT2D eigenvalue weighted by atomic mass is 10.4. The Bertz CT molecular complexity index is 170. The van der Waals surface area contributed by atoms with E-state index in [1.54, 1.807) is 0 Å². The Morgan fingerprint density at radius 1 is 1.70 bits per heavy atom. The number of carboxylic acids is 1. The predicted octanol–water partition coefficient (Wildman–Crippen LogP) is -0.130. The second-order valence-corrected chi connectivity index (χ2v) is 4.10. The number of rotatable bonds is 1. The second kappa shape index (κ2) is 3.08. The van der Waals surface area contributed by atoms with Crippen molar-refractivity contribution < 1.29 is 14.5 Å². The first-order valence-electron chi connectivity index (χ1n) is 3.09. The number of hydrogen-bond acceptors (Lipinski definition) is 3. The third-order valence-corrected chi connectivity index (χ3v) is 3.24. The van der Waals surface area contributed by atoms with Crippen molar-refractivity contribution in [1.82, 2.24) is 5.32 Å². The molecule has 4 nitrogen and oxygen atoms in total. The molecule has 1 heterocycles. The van der Waals surface area contributed by atoms with Crippen LogP contribution in [0.15, 0.2) is 0 Å². The molecule has 0 spiro atoms. The maximum atomic E-state index is 11.0. The lowest BCUT2D eigenvalue weighted by Gasteiger charge is -2.08. The molecule has 0 aromatic carbocycles. The van der Waals surface area contributed by atoms with Crippen LogP contribution in [0.3, 0.4) is 0 Å². The Labute approximate surface area is 59.4 Å². The molecule has 1 saturated heterocycles. The molecular formula is C5H9NO3P+. The molecule has 2 N–H and O–H groups in total. The Morgan fingerprint density at radius 3 is 2.80 bits per heavy atom. The van der Waals surface area contributed by atoms with Crippen LogP contribution in [0.25, 0.3) is 0 Å². The quantitative estimate of drug-likeness (QED) is 0.527. The van der Waals surface area contributed by atoms with Gasteiger partial charge in [0.1, 0.15) is 0 Å². The molecule has 0 bridgehead atoms. The first kappa shape index (κ1) is 7.63. The minimum atomic E-state index is -1.51. The van der Waals surface area contributed by atoms with Crippen LogP contribution in [-0.4, -0.2) is 36.0 Å². The van der Waals surface area contributed by atoms with Crippen LogP contribution in [-0.2, 0) is 9.36 Å². The van der Waals surface area contributed by atoms with Crippen molar-refractivity contribution >= 4 is 13.8 Å². The van der Waals surface area contributed by atoms with Crippen molar-refractivity contribution in [2.75, 3.05) is 19.3 Å². The van der Waals surface area contributed by atoms with E-state index in [2.05, 4.69) is 5.32 Å². The second-order valence-electron chi connectivity index (χ2n) is 2.20. The summed E-state index contributed by atoms with van der Waals surface area (Å²) in [5, 5.41) is 11.4. The average Bonchev–Trinajstić information content (AvgIpc) is 1.88. The van der Waals surface area contributed by atoms with Crippen molar-refractivity contribution in [1.29, 1.82) is 0 Å². The van der Waals surface area contributed by atoms with E-state index in [9.17, 15) is 9.36 Å². The SMILES string of the molecule is O=C(O)C1CNCC[P+]1=O. The van der Waals surface area contributed by atoms with Gasteiger partial charge in [0, 0.05) is 6.54 Å². The van der Waals surface area contributed by atoms with Crippen LogP contribution < -0.4 is 5.32 Å². The van der Waals surface area contributed by atoms with Gasteiger partial charge in [-0.1, -0.05) is 4.57 Å². The van der Waals surface area contributed by atoms with Gasteiger partial charge in [0.2, 0.25) is 0 Å². The molecule has 0 amide bonds. The summed E-state index contributed by atoms with van der Waals surface area (Å²) >= 11 is 0. The first-order chi connectivity index (χ1) is 4.72. The van der Waals surface area contributed by atoms with Crippen molar-refractivity contribution in [3.05, 3.63) is 0 Å². The molecule has 1 rings (SSSR count). The van der Waals surface area contributed by atoms with Crippen LogP contribution in [0.4, 0.5) is 0 Å². The Kier molecular flexibility index (Phi) is 2.35. The van der Waals surface area contributed by atoms with E-state index in [4.69, 9.17) is 5.11 Å². The maximum Gasteiger partial charge on any atom is 0.357 e. The maximum absolute atomic E-state index is 11.0. The predicted molar refractivity (Wildman–Crippen MR) is 36.8 cm³/mol. The van der Waals surface area contributed by atoms with E-state index in [-0.39, 0.29) is 0 Å². The molecule has 0 saturated carbocycles. The zero-order chi connectivity index (χ0) is 7.56. The van der Waals surface area contributed by atoms with E-state index >= 15 is 0 Å². The summed E-state index contributed by atoms with van der Waals surface area (Å²) in [4.78, 5) is 10.3. The smallest absolute Gasteiger partial charge is 0.357 e. The van der Waals surface area contributed by atoms with Crippen LogP contribution in [0, 0.1) is 0 Å². The van der Waals surface area contributed by atoms with Gasteiger partial charge >= 0.3 is 13.8 Å². The number of carboxylic acid groups (broad SMARTS) is 1. The van der Waals surface area contributed by atoms with Crippen LogP contribution in [0.2, 0.25) is 0 Å². The van der Waals surface area contributed by atoms with Gasteiger partial charge in [-0.05, 0) is 0 Å². The lowest BCUT2D eigenvalue weighted by Crippen LogP contribution is -2.37. The van der Waals surface area contributed by atoms with Crippen LogP contribution in [0.5, 0.6) is 0 Å². The van der Waals surface area contributed by atoms with Gasteiger partial charge in [-0.2, -0.15) is 0 Å². The molecule has 0 aliphatic carbocycles. The summed E-state index contributed by atoms with van der Waals surface area (Å²) < 4.78 is 11.0. The van der Waals surface area contributed by atoms with Crippen molar-refractivity contribution in [2.45, 2.75) is 5.66 Å². The largest absolute Gasteiger partial charge is 0.478 e. The van der Waals surface area contributed by atoms with Gasteiger partial charge in [-0.25, -0.2) is 4.79 Å². The topological polar surface area (TPSA) is 66.4 Å². The summed E-state index contributed by atoms with van der Waals surface area (Å²) in [5.41, 5.74) is -0.663. The van der Waals surface area contributed by atoms with Crippen LogP contribution in [0.1, 0.15) is 0 Å². The fourth-order valence-corrected chi connectivity index (χ4v) is 2.17. The Hall–Kier alpha value is -0.470. The van der Waals surface area contributed by atoms with Gasteiger partial charge in [0.25, 0.3) is 5.66 Å². The lowest BCUT2D eigenvalue weighted by molar-refractivity contribution is -0.136. The van der Waals surface area contributed by atoms with Crippen molar-refractivity contribution in [3.63, 3.8) is 0 Å². The number of nitrogens with one attached hydrogen (secondary N) is 1. The summed E-state index contributed by atoms with van der Waals surface area (Å²) in [7, 11) is -1.51. The fraction of sp³-hybridized carbons (Fsp3) is 0.800. The van der Waals surface area contributed by atoms with E-state index in [0.717, 1.165) is 0 Å². The standard InChI is InChI=1S/C5H8NO3P/c7-5(8)4-3-6-1-2-10(4)9/h4,6H,1-3H2/p+1. The summed E-state index contributed by atoms with van der Waals surface area (Å²) in [5.74, 6) is -0.951. The van der Waals surface area contributed by atoms with Gasteiger partial charge in [0.15, 0.2) is 6.16 Å². The first-order valence-corrected chi connectivity index (χ1v) is 4.60. The highest BCUT2D eigenvalue weighted by atomic mass is 31.1. The van der Waals surface area contributed by atoms with E-state index in [1.165, 1.54) is 0 Å². The number of carbonyl (C=O) groups is 1. The normalized spacial score (nSPS) is 30.0. The molecule has 56 valence electrons. The molecule has 0 radical (unpaired) electrons. The number of aliphatic carboxylic acids is 1. The van der Waals surface area contributed by atoms with Crippen molar-refractivity contribution in [3.8, 4) is 0 Å². The zero-order valence-corrected chi connectivity index (χ0v) is 6.30. The van der Waals surface area contributed by atoms with Crippen LogP contribution >= 0.6 is 7.80 Å². The van der Waals surface area contributed by atoms with Gasteiger partial charge < -0.3 is 10.4 Å². The van der Waals surface area contributed by atoms with Gasteiger partial charge in [-0.15, -0.1) is 0 Å². The zero-order valence-electron chi connectivity index (χ0n) is 5.41. The van der Waals surface area contributed by atoms with Gasteiger partial charge in [0.05, 0.1) is 6.54 Å². The number of hydrogen-bond donors (Lipinski definition) is 2. The summed E-state index contributed by atoms with van der Waals surface area (Å²) in [6, 6.07) is 0. The highest BCUT2D eigenvalue weighted by molar-refractivity contribution is 7.46. The Morgan fingerprint density at radius 2 is 2.40 bits per heavy atom. The molecule has 5 heteroatoms. The van der Waals surface area contributed by atoms with E-state index in [1.807, 2.05) is 0 Å². The molecule has 1 fully saturated rings. The average molecular weight is 162 g/mol. The molecule has 1 aliphatic heterocycles. The third kappa shape index (κ3) is 1.52. The van der Waals surface area contributed by atoms with Crippen molar-refractivity contribution in [2.24, 2.45) is 0 Å². The van der Waals surface area contributed by atoms with Gasteiger partial charge in [-0.3, -0.25) is 0 Å². The third-order valence-electron chi connectivity index (χ3n) is 1.48. The molecule has 1 aliphatic rings. The van der Waals surface area contributed by atoms with E-state index in [0.29, 0.717) is 19.3 Å².